The molecular weight excluding hydrogens is 226 g/mol. The average molecular weight is 249 g/mol. The molecule has 0 spiro atoms. The molecule has 0 radical (unpaired) electrons. The summed E-state index contributed by atoms with van der Waals surface area (Å²) < 4.78 is 5.45. The van der Waals surface area contributed by atoms with Crippen LogP contribution in [0.4, 0.5) is 5.82 Å². The van der Waals surface area contributed by atoms with Crippen LogP contribution in [-0.4, -0.2) is 23.6 Å². The molecule has 0 bridgehead atoms. The topological polar surface area (TPSA) is 47.0 Å². The van der Waals surface area contributed by atoms with E-state index in [1.165, 1.54) is 18.5 Å². The van der Waals surface area contributed by atoms with Gasteiger partial charge in [-0.1, -0.05) is 13.8 Å². The van der Waals surface area contributed by atoms with Crippen LogP contribution in [0.5, 0.6) is 0 Å². The van der Waals surface area contributed by atoms with Gasteiger partial charge in [0.25, 0.3) is 0 Å². The van der Waals surface area contributed by atoms with E-state index in [0.717, 1.165) is 31.0 Å². The fourth-order valence-electron chi connectivity index (χ4n) is 2.02. The summed E-state index contributed by atoms with van der Waals surface area (Å²) in [4.78, 5) is 9.25. The molecule has 1 fully saturated rings. The number of ether oxygens (including phenoxy) is 1. The number of rotatable bonds is 7. The van der Waals surface area contributed by atoms with Gasteiger partial charge in [0, 0.05) is 31.3 Å². The highest BCUT2D eigenvalue weighted by Crippen LogP contribution is 2.40. The standard InChI is InChI=1S/C14H23N3O/c1-4-8-15-13-9-11(10-6-7-10)16-14(17-13)12(5-2)18-3/h9-10,12H,4-8H2,1-3H3,(H,15,16,17). The zero-order valence-corrected chi connectivity index (χ0v) is 11.6. The predicted molar refractivity (Wildman–Crippen MR) is 72.8 cm³/mol. The summed E-state index contributed by atoms with van der Waals surface area (Å²) in [5.41, 5.74) is 1.18. The summed E-state index contributed by atoms with van der Waals surface area (Å²) in [5, 5.41) is 3.35. The van der Waals surface area contributed by atoms with Crippen LogP contribution in [-0.2, 0) is 4.74 Å². The monoisotopic (exact) mass is 249 g/mol. The lowest BCUT2D eigenvalue weighted by Crippen LogP contribution is -2.11. The highest BCUT2D eigenvalue weighted by Gasteiger charge is 2.27. The Morgan fingerprint density at radius 3 is 2.72 bits per heavy atom. The molecule has 1 aromatic rings. The fourth-order valence-corrected chi connectivity index (χ4v) is 2.02. The number of anilines is 1. The van der Waals surface area contributed by atoms with Crippen molar-refractivity contribution in [2.24, 2.45) is 0 Å². The number of methoxy groups -OCH3 is 1. The van der Waals surface area contributed by atoms with E-state index in [9.17, 15) is 0 Å². The van der Waals surface area contributed by atoms with Crippen molar-refractivity contribution >= 4 is 5.82 Å². The van der Waals surface area contributed by atoms with Gasteiger partial charge in [0.15, 0.2) is 5.82 Å². The zero-order chi connectivity index (χ0) is 13.0. The van der Waals surface area contributed by atoms with Gasteiger partial charge in [-0.15, -0.1) is 0 Å². The number of nitrogens with one attached hydrogen (secondary N) is 1. The zero-order valence-electron chi connectivity index (χ0n) is 11.6. The molecular formula is C14H23N3O. The second-order valence-corrected chi connectivity index (χ2v) is 4.87. The Bertz CT molecular complexity index is 387. The Balaban J connectivity index is 2.23. The van der Waals surface area contributed by atoms with Gasteiger partial charge in [0.05, 0.1) is 0 Å². The first-order chi connectivity index (χ1) is 8.78. The molecule has 1 saturated carbocycles. The molecule has 1 unspecified atom stereocenters. The summed E-state index contributed by atoms with van der Waals surface area (Å²) in [7, 11) is 1.72. The van der Waals surface area contributed by atoms with Gasteiger partial charge in [-0.2, -0.15) is 0 Å². The Hall–Kier alpha value is -1.16. The molecule has 4 nitrogen and oxygen atoms in total. The minimum absolute atomic E-state index is 0.00544. The number of hydrogen-bond donors (Lipinski definition) is 1. The number of hydrogen-bond acceptors (Lipinski definition) is 4. The molecule has 1 atom stereocenters. The normalized spacial score (nSPS) is 16.6. The molecule has 1 aromatic heterocycles. The molecule has 4 heteroatoms. The van der Waals surface area contributed by atoms with Crippen molar-refractivity contribution in [1.82, 2.24) is 9.97 Å². The molecule has 1 N–H and O–H groups in total. The molecule has 0 amide bonds. The van der Waals surface area contributed by atoms with Crippen LogP contribution < -0.4 is 5.32 Å². The Kier molecular flexibility index (Phi) is 4.53. The first kappa shape index (κ1) is 13.3. The molecule has 1 aliphatic rings. The van der Waals surface area contributed by atoms with Crippen LogP contribution in [0.3, 0.4) is 0 Å². The van der Waals surface area contributed by atoms with Crippen molar-refractivity contribution in [1.29, 1.82) is 0 Å². The third-order valence-corrected chi connectivity index (χ3v) is 3.26. The molecule has 0 aliphatic heterocycles. The van der Waals surface area contributed by atoms with Gasteiger partial charge in [-0.25, -0.2) is 9.97 Å². The quantitative estimate of drug-likeness (QED) is 0.805. The van der Waals surface area contributed by atoms with Crippen molar-refractivity contribution in [2.75, 3.05) is 19.0 Å². The predicted octanol–water partition coefficient (Wildman–Crippen LogP) is 3.27. The van der Waals surface area contributed by atoms with Crippen molar-refractivity contribution in [3.05, 3.63) is 17.6 Å². The molecule has 0 saturated heterocycles. The first-order valence-corrected chi connectivity index (χ1v) is 6.94. The minimum Gasteiger partial charge on any atom is -0.373 e. The third kappa shape index (κ3) is 3.19. The Labute approximate surface area is 109 Å². The number of aromatic nitrogens is 2. The van der Waals surface area contributed by atoms with E-state index in [1.54, 1.807) is 7.11 Å². The van der Waals surface area contributed by atoms with Crippen LogP contribution in [0, 0.1) is 0 Å². The summed E-state index contributed by atoms with van der Waals surface area (Å²) in [6.07, 6.45) is 4.52. The molecule has 100 valence electrons. The lowest BCUT2D eigenvalue weighted by Gasteiger charge is -2.14. The van der Waals surface area contributed by atoms with E-state index in [2.05, 4.69) is 35.2 Å². The Morgan fingerprint density at radius 2 is 2.17 bits per heavy atom. The van der Waals surface area contributed by atoms with E-state index < -0.39 is 0 Å². The van der Waals surface area contributed by atoms with Crippen LogP contribution in [0.1, 0.15) is 63.1 Å². The van der Waals surface area contributed by atoms with E-state index in [4.69, 9.17) is 4.74 Å². The van der Waals surface area contributed by atoms with Gasteiger partial charge in [-0.05, 0) is 25.7 Å². The molecule has 1 heterocycles. The molecule has 1 aliphatic carbocycles. The maximum atomic E-state index is 5.45. The molecule has 2 rings (SSSR count). The lowest BCUT2D eigenvalue weighted by atomic mass is 10.2. The summed E-state index contributed by atoms with van der Waals surface area (Å²) in [6, 6.07) is 2.10. The molecule has 0 aromatic carbocycles. The van der Waals surface area contributed by atoms with E-state index >= 15 is 0 Å². The first-order valence-electron chi connectivity index (χ1n) is 6.94. The number of nitrogens with zero attached hydrogens (tertiary/aromatic N) is 2. The minimum atomic E-state index is 0.00544. The SMILES string of the molecule is CCCNc1cc(C2CC2)nc(C(CC)OC)n1. The van der Waals surface area contributed by atoms with Crippen LogP contribution in [0.2, 0.25) is 0 Å². The summed E-state index contributed by atoms with van der Waals surface area (Å²) in [6.45, 7) is 5.20. The van der Waals surface area contributed by atoms with Crippen LogP contribution in [0.25, 0.3) is 0 Å². The second-order valence-electron chi connectivity index (χ2n) is 4.87. The van der Waals surface area contributed by atoms with Crippen molar-refractivity contribution in [3.63, 3.8) is 0 Å². The maximum Gasteiger partial charge on any atom is 0.159 e. The fraction of sp³-hybridized carbons (Fsp3) is 0.714. The highest BCUT2D eigenvalue weighted by molar-refractivity contribution is 5.38. The van der Waals surface area contributed by atoms with Gasteiger partial charge < -0.3 is 10.1 Å². The lowest BCUT2D eigenvalue weighted by molar-refractivity contribution is 0.0925. The second kappa shape index (κ2) is 6.14. The van der Waals surface area contributed by atoms with Gasteiger partial charge in [0.2, 0.25) is 0 Å². The summed E-state index contributed by atoms with van der Waals surface area (Å²) >= 11 is 0. The summed E-state index contributed by atoms with van der Waals surface area (Å²) in [5.74, 6) is 2.41. The molecule has 18 heavy (non-hydrogen) atoms. The van der Waals surface area contributed by atoms with E-state index in [0.29, 0.717) is 5.92 Å². The van der Waals surface area contributed by atoms with E-state index in [-0.39, 0.29) is 6.10 Å². The van der Waals surface area contributed by atoms with E-state index in [1.807, 2.05) is 0 Å². The van der Waals surface area contributed by atoms with Crippen LogP contribution >= 0.6 is 0 Å². The maximum absolute atomic E-state index is 5.45. The van der Waals surface area contributed by atoms with Gasteiger partial charge in [-0.3, -0.25) is 0 Å². The smallest absolute Gasteiger partial charge is 0.159 e. The van der Waals surface area contributed by atoms with Crippen molar-refractivity contribution < 1.29 is 4.74 Å². The van der Waals surface area contributed by atoms with Gasteiger partial charge in [0.1, 0.15) is 11.9 Å². The van der Waals surface area contributed by atoms with Gasteiger partial charge >= 0.3 is 0 Å². The van der Waals surface area contributed by atoms with Crippen molar-refractivity contribution in [2.45, 2.75) is 51.6 Å². The Morgan fingerprint density at radius 1 is 1.39 bits per heavy atom. The third-order valence-electron chi connectivity index (χ3n) is 3.26. The average Bonchev–Trinajstić information content (AvgIpc) is 3.22. The highest BCUT2D eigenvalue weighted by atomic mass is 16.5. The van der Waals surface area contributed by atoms with Crippen molar-refractivity contribution in [3.8, 4) is 0 Å². The van der Waals surface area contributed by atoms with Crippen LogP contribution in [0.15, 0.2) is 6.07 Å². The largest absolute Gasteiger partial charge is 0.373 e.